The number of aromatic nitrogens is 1. The number of thiazole rings is 1. The largest absolute Gasteiger partial charge is 0.375 e. The van der Waals surface area contributed by atoms with E-state index in [1.54, 1.807) is 11.3 Å². The van der Waals surface area contributed by atoms with Crippen LogP contribution in [0.5, 0.6) is 0 Å². The Kier molecular flexibility index (Phi) is 3.06. The monoisotopic (exact) mass is 252 g/mol. The summed E-state index contributed by atoms with van der Waals surface area (Å²) < 4.78 is 0. The molecule has 1 aromatic rings. The van der Waals surface area contributed by atoms with E-state index in [0.717, 1.165) is 12.6 Å². The summed E-state index contributed by atoms with van der Waals surface area (Å²) in [7, 11) is 0. The van der Waals surface area contributed by atoms with E-state index < -0.39 is 0 Å². The van der Waals surface area contributed by atoms with Gasteiger partial charge in [-0.05, 0) is 26.3 Å². The van der Waals surface area contributed by atoms with Crippen molar-refractivity contribution in [2.75, 3.05) is 25.4 Å². The molecule has 1 aromatic heterocycles. The molecule has 2 N–H and O–H groups in total. The zero-order chi connectivity index (χ0) is 11.8. The lowest BCUT2D eigenvalue weighted by Gasteiger charge is -2.42. The summed E-state index contributed by atoms with van der Waals surface area (Å²) in [5, 5.41) is 0.687. The van der Waals surface area contributed by atoms with Crippen LogP contribution in [-0.4, -0.2) is 46.5 Å². The lowest BCUT2D eigenvalue weighted by atomic mass is 10.1. The van der Waals surface area contributed by atoms with Gasteiger partial charge >= 0.3 is 0 Å². The molecule has 2 saturated heterocycles. The van der Waals surface area contributed by atoms with Crippen LogP contribution in [0.25, 0.3) is 0 Å². The molecular formula is C12H20N4S. The van der Waals surface area contributed by atoms with Crippen LogP contribution in [0.15, 0.2) is 6.20 Å². The zero-order valence-corrected chi connectivity index (χ0v) is 11.1. The fourth-order valence-corrected chi connectivity index (χ4v) is 3.77. The van der Waals surface area contributed by atoms with Gasteiger partial charge in [-0.1, -0.05) is 0 Å². The Hall–Kier alpha value is -0.650. The first-order valence-electron chi connectivity index (χ1n) is 6.40. The van der Waals surface area contributed by atoms with Gasteiger partial charge in [0, 0.05) is 42.8 Å². The van der Waals surface area contributed by atoms with E-state index in [0.29, 0.717) is 11.2 Å². The Balaban J connectivity index is 1.66. The normalized spacial score (nSPS) is 30.6. The second-order valence-electron chi connectivity index (χ2n) is 5.23. The molecule has 3 heterocycles. The first-order valence-corrected chi connectivity index (χ1v) is 7.22. The van der Waals surface area contributed by atoms with E-state index in [4.69, 9.17) is 5.73 Å². The standard InChI is InChI=1S/C12H20N4S/c1-9-6-15-4-2-3-10(15)7-16(9)8-11-5-14-12(13)17-11/h5,9-10H,2-4,6-8H2,1H3,(H2,13,14). The van der Waals surface area contributed by atoms with Crippen molar-refractivity contribution in [1.29, 1.82) is 0 Å². The van der Waals surface area contributed by atoms with E-state index in [1.807, 2.05) is 6.20 Å². The number of hydrogen-bond donors (Lipinski definition) is 1. The molecule has 17 heavy (non-hydrogen) atoms. The van der Waals surface area contributed by atoms with Crippen LogP contribution in [0, 0.1) is 0 Å². The number of rotatable bonds is 2. The van der Waals surface area contributed by atoms with Crippen molar-refractivity contribution in [3.63, 3.8) is 0 Å². The number of hydrogen-bond acceptors (Lipinski definition) is 5. The number of fused-ring (bicyclic) bond motifs is 1. The van der Waals surface area contributed by atoms with E-state index in [-0.39, 0.29) is 0 Å². The predicted molar refractivity (Wildman–Crippen MR) is 71.0 cm³/mol. The third-order valence-electron chi connectivity index (χ3n) is 4.00. The summed E-state index contributed by atoms with van der Waals surface area (Å²) in [6, 6.07) is 1.43. The van der Waals surface area contributed by atoms with Crippen molar-refractivity contribution in [2.24, 2.45) is 0 Å². The number of nitrogen functional groups attached to an aromatic ring is 1. The Morgan fingerprint density at radius 1 is 1.53 bits per heavy atom. The van der Waals surface area contributed by atoms with Crippen molar-refractivity contribution in [2.45, 2.75) is 38.4 Å². The molecule has 0 amide bonds. The smallest absolute Gasteiger partial charge is 0.180 e. The molecule has 0 aromatic carbocycles. The molecule has 0 bridgehead atoms. The summed E-state index contributed by atoms with van der Waals surface area (Å²) in [6.07, 6.45) is 4.67. The maximum absolute atomic E-state index is 5.68. The minimum Gasteiger partial charge on any atom is -0.375 e. The minimum atomic E-state index is 0.646. The van der Waals surface area contributed by atoms with Gasteiger partial charge in [0.1, 0.15) is 0 Å². The van der Waals surface area contributed by atoms with Crippen LogP contribution in [0.2, 0.25) is 0 Å². The first kappa shape index (κ1) is 11.4. The van der Waals surface area contributed by atoms with Gasteiger partial charge in [0.25, 0.3) is 0 Å². The summed E-state index contributed by atoms with van der Waals surface area (Å²) in [6.45, 7) is 7.08. The minimum absolute atomic E-state index is 0.646. The molecule has 2 aliphatic heterocycles. The van der Waals surface area contributed by atoms with Crippen LogP contribution in [-0.2, 0) is 6.54 Å². The average molecular weight is 252 g/mol. The van der Waals surface area contributed by atoms with Gasteiger partial charge in [-0.15, -0.1) is 11.3 Å². The van der Waals surface area contributed by atoms with Gasteiger partial charge in [0.05, 0.1) is 0 Å². The van der Waals surface area contributed by atoms with Gasteiger partial charge in [-0.2, -0.15) is 0 Å². The molecule has 2 fully saturated rings. The third-order valence-corrected chi connectivity index (χ3v) is 4.81. The SMILES string of the molecule is CC1CN2CCCC2CN1Cc1cnc(N)s1. The third kappa shape index (κ3) is 2.32. The lowest BCUT2D eigenvalue weighted by Crippen LogP contribution is -2.54. The molecule has 3 rings (SSSR count). The molecule has 94 valence electrons. The highest BCUT2D eigenvalue weighted by Gasteiger charge is 2.34. The van der Waals surface area contributed by atoms with E-state index in [9.17, 15) is 0 Å². The number of nitrogens with zero attached hydrogens (tertiary/aromatic N) is 3. The molecule has 0 saturated carbocycles. The highest BCUT2D eigenvalue weighted by Crippen LogP contribution is 2.26. The first-order chi connectivity index (χ1) is 8.22. The van der Waals surface area contributed by atoms with E-state index >= 15 is 0 Å². The Bertz CT molecular complexity index is 392. The van der Waals surface area contributed by atoms with Crippen molar-refractivity contribution >= 4 is 16.5 Å². The molecule has 0 aliphatic carbocycles. The molecule has 2 aliphatic rings. The lowest BCUT2D eigenvalue weighted by molar-refractivity contribution is 0.0547. The van der Waals surface area contributed by atoms with Gasteiger partial charge in [0.15, 0.2) is 5.13 Å². The molecule has 0 spiro atoms. The fourth-order valence-electron chi connectivity index (χ4n) is 3.06. The van der Waals surface area contributed by atoms with Gasteiger partial charge in [-0.3, -0.25) is 9.80 Å². The molecular weight excluding hydrogens is 232 g/mol. The summed E-state index contributed by atoms with van der Waals surface area (Å²) in [5.41, 5.74) is 5.68. The second kappa shape index (κ2) is 4.55. The van der Waals surface area contributed by atoms with Crippen molar-refractivity contribution in [3.05, 3.63) is 11.1 Å². The molecule has 5 heteroatoms. The number of piperazine rings is 1. The Morgan fingerprint density at radius 2 is 2.41 bits per heavy atom. The van der Waals surface area contributed by atoms with Crippen molar-refractivity contribution in [3.8, 4) is 0 Å². The fraction of sp³-hybridized carbons (Fsp3) is 0.750. The summed E-state index contributed by atoms with van der Waals surface area (Å²) in [4.78, 5) is 10.7. The van der Waals surface area contributed by atoms with Crippen molar-refractivity contribution < 1.29 is 0 Å². The topological polar surface area (TPSA) is 45.4 Å². The number of nitrogens with two attached hydrogens (primary N) is 1. The van der Waals surface area contributed by atoms with Gasteiger partial charge in [-0.25, -0.2) is 4.98 Å². The Morgan fingerprint density at radius 3 is 3.18 bits per heavy atom. The molecule has 2 atom stereocenters. The Labute approximate surface area is 106 Å². The predicted octanol–water partition coefficient (Wildman–Crippen LogP) is 1.39. The summed E-state index contributed by atoms with van der Waals surface area (Å²) >= 11 is 1.62. The van der Waals surface area contributed by atoms with Crippen LogP contribution in [0.3, 0.4) is 0 Å². The van der Waals surface area contributed by atoms with Crippen LogP contribution >= 0.6 is 11.3 Å². The number of anilines is 1. The van der Waals surface area contributed by atoms with Crippen LogP contribution in [0.4, 0.5) is 5.13 Å². The van der Waals surface area contributed by atoms with E-state index in [2.05, 4.69) is 21.7 Å². The van der Waals surface area contributed by atoms with Crippen molar-refractivity contribution in [1.82, 2.24) is 14.8 Å². The van der Waals surface area contributed by atoms with Gasteiger partial charge < -0.3 is 5.73 Å². The quantitative estimate of drug-likeness (QED) is 0.864. The summed E-state index contributed by atoms with van der Waals surface area (Å²) in [5.74, 6) is 0. The highest BCUT2D eigenvalue weighted by molar-refractivity contribution is 7.15. The molecule has 4 nitrogen and oxygen atoms in total. The highest BCUT2D eigenvalue weighted by atomic mass is 32.1. The van der Waals surface area contributed by atoms with E-state index in [1.165, 1.54) is 37.4 Å². The maximum Gasteiger partial charge on any atom is 0.180 e. The van der Waals surface area contributed by atoms with Crippen LogP contribution < -0.4 is 5.73 Å². The molecule has 2 unspecified atom stereocenters. The average Bonchev–Trinajstić information content (AvgIpc) is 2.88. The molecule has 0 radical (unpaired) electrons. The van der Waals surface area contributed by atoms with Crippen LogP contribution in [0.1, 0.15) is 24.6 Å². The van der Waals surface area contributed by atoms with Gasteiger partial charge in [0.2, 0.25) is 0 Å². The zero-order valence-electron chi connectivity index (χ0n) is 10.3. The maximum atomic E-state index is 5.68. The second-order valence-corrected chi connectivity index (χ2v) is 6.38.